The molecule has 12 rings (SSSR count). The molecule has 0 N–H and O–H groups in total. The van der Waals surface area contributed by atoms with Crippen LogP contribution in [0.15, 0.2) is 194 Å². The van der Waals surface area contributed by atoms with Gasteiger partial charge in [-0.2, -0.15) is 0 Å². The zero-order valence-electron chi connectivity index (χ0n) is 29.9. The Kier molecular flexibility index (Phi) is 6.60. The Morgan fingerprint density at radius 3 is 1.55 bits per heavy atom. The monoisotopic (exact) mass is 712 g/mol. The standard InChI is InChI=1S/C54H32S/c1-2-14-39-33(12-1)13-11-22-41(39)52-45-19-7-5-17-43(45)51(44-18-6-8-20-46(44)52)38-27-26-34-30-35(24-25-36(34)31-38)37-28-29-47-49(32-37)40-15-3-4-16-42(40)53-48-21-9-10-23-50(48)55-54(47)53/h1-32H. The summed E-state index contributed by atoms with van der Waals surface area (Å²) in [6.45, 7) is 0. The number of thiophene rings is 1. The number of hydrogen-bond donors (Lipinski definition) is 0. The van der Waals surface area contributed by atoms with Crippen molar-refractivity contribution in [2.75, 3.05) is 0 Å². The van der Waals surface area contributed by atoms with E-state index in [-0.39, 0.29) is 0 Å². The number of hydrogen-bond acceptors (Lipinski definition) is 1. The molecule has 0 nitrogen and oxygen atoms in total. The van der Waals surface area contributed by atoms with Crippen molar-refractivity contribution in [2.45, 2.75) is 0 Å². The minimum Gasteiger partial charge on any atom is -0.135 e. The fraction of sp³-hybridized carbons (Fsp3) is 0. The molecule has 0 atom stereocenters. The zero-order chi connectivity index (χ0) is 36.0. The van der Waals surface area contributed by atoms with Crippen LogP contribution in [0.1, 0.15) is 0 Å². The normalized spacial score (nSPS) is 12.0. The van der Waals surface area contributed by atoms with Crippen molar-refractivity contribution in [2.24, 2.45) is 0 Å². The minimum atomic E-state index is 1.23. The van der Waals surface area contributed by atoms with Crippen molar-refractivity contribution < 1.29 is 0 Å². The van der Waals surface area contributed by atoms with Gasteiger partial charge in [-0.15, -0.1) is 11.3 Å². The Balaban J connectivity index is 1.02. The van der Waals surface area contributed by atoms with Gasteiger partial charge < -0.3 is 0 Å². The predicted octanol–water partition coefficient (Wildman–Crippen LogP) is 16.0. The third kappa shape index (κ3) is 4.57. The van der Waals surface area contributed by atoms with Gasteiger partial charge in [0.15, 0.2) is 0 Å². The van der Waals surface area contributed by atoms with E-state index >= 15 is 0 Å². The summed E-state index contributed by atoms with van der Waals surface area (Å²) in [5, 5.41) is 18.1. The maximum Gasteiger partial charge on any atom is 0.0440 e. The summed E-state index contributed by atoms with van der Waals surface area (Å²) >= 11 is 1.91. The molecule has 1 heterocycles. The summed E-state index contributed by atoms with van der Waals surface area (Å²) in [5.74, 6) is 0. The van der Waals surface area contributed by atoms with Crippen molar-refractivity contribution in [3.8, 4) is 33.4 Å². The van der Waals surface area contributed by atoms with Gasteiger partial charge in [0, 0.05) is 25.6 Å². The average Bonchev–Trinajstić information content (AvgIpc) is 3.65. The zero-order valence-corrected chi connectivity index (χ0v) is 30.7. The van der Waals surface area contributed by atoms with Crippen LogP contribution in [0, 0.1) is 0 Å². The molecular formula is C54H32S. The van der Waals surface area contributed by atoms with Crippen LogP contribution in [0.25, 0.3) is 118 Å². The molecular weight excluding hydrogens is 681 g/mol. The second kappa shape index (κ2) is 11.9. The van der Waals surface area contributed by atoms with E-state index in [4.69, 9.17) is 0 Å². The maximum absolute atomic E-state index is 2.41. The molecule has 0 saturated carbocycles. The van der Waals surface area contributed by atoms with Gasteiger partial charge in [0.2, 0.25) is 0 Å². The number of fused-ring (bicyclic) bond motifs is 12. The molecule has 0 aliphatic heterocycles. The van der Waals surface area contributed by atoms with E-state index in [1.807, 2.05) is 11.3 Å². The highest BCUT2D eigenvalue weighted by atomic mass is 32.1. The van der Waals surface area contributed by atoms with Gasteiger partial charge in [0.1, 0.15) is 0 Å². The fourth-order valence-corrected chi connectivity index (χ4v) is 10.6. The molecule has 0 amide bonds. The molecule has 1 heteroatoms. The topological polar surface area (TPSA) is 0 Å². The molecule has 0 spiro atoms. The third-order valence-electron chi connectivity index (χ3n) is 11.8. The van der Waals surface area contributed by atoms with Crippen molar-refractivity contribution in [3.05, 3.63) is 194 Å². The fourth-order valence-electron chi connectivity index (χ4n) is 9.34. The number of benzene rings is 11. The summed E-state index contributed by atoms with van der Waals surface area (Å²) in [4.78, 5) is 0. The van der Waals surface area contributed by atoms with Gasteiger partial charge in [-0.05, 0) is 117 Å². The summed E-state index contributed by atoms with van der Waals surface area (Å²) in [5.41, 5.74) is 7.58. The van der Waals surface area contributed by atoms with Crippen molar-refractivity contribution in [1.29, 1.82) is 0 Å². The predicted molar refractivity (Wildman–Crippen MR) is 241 cm³/mol. The largest absolute Gasteiger partial charge is 0.135 e. The number of rotatable bonds is 3. The van der Waals surface area contributed by atoms with Gasteiger partial charge in [-0.25, -0.2) is 0 Å². The highest BCUT2D eigenvalue weighted by Gasteiger charge is 2.19. The van der Waals surface area contributed by atoms with E-state index in [1.165, 1.54) is 118 Å². The van der Waals surface area contributed by atoms with Crippen molar-refractivity contribution in [3.63, 3.8) is 0 Å². The average molecular weight is 713 g/mol. The highest BCUT2D eigenvalue weighted by Crippen LogP contribution is 2.47. The van der Waals surface area contributed by atoms with Crippen LogP contribution in [0.5, 0.6) is 0 Å². The van der Waals surface area contributed by atoms with E-state index < -0.39 is 0 Å². The van der Waals surface area contributed by atoms with Crippen LogP contribution >= 0.6 is 11.3 Å². The van der Waals surface area contributed by atoms with Crippen LogP contribution < -0.4 is 0 Å². The molecule has 0 saturated heterocycles. The Bertz CT molecular complexity index is 3490. The Morgan fingerprint density at radius 1 is 0.273 bits per heavy atom. The molecule has 0 aliphatic carbocycles. The third-order valence-corrected chi connectivity index (χ3v) is 13.0. The molecule has 55 heavy (non-hydrogen) atoms. The first-order valence-electron chi connectivity index (χ1n) is 19.0. The first-order chi connectivity index (χ1) is 27.3. The second-order valence-electron chi connectivity index (χ2n) is 14.8. The lowest BCUT2D eigenvalue weighted by Gasteiger charge is -2.19. The molecule has 0 fully saturated rings. The van der Waals surface area contributed by atoms with Crippen LogP contribution in [0.3, 0.4) is 0 Å². The SMILES string of the molecule is c1ccc2c(-c3c4ccccc4c(-c4ccc5cc(-c6ccc7c(c6)c6ccccc6c6c8ccccc8sc76)ccc5c4)c4ccccc34)cccc2c1. The minimum absolute atomic E-state index is 1.23. The molecule has 11 aromatic carbocycles. The lowest BCUT2D eigenvalue weighted by atomic mass is 9.84. The van der Waals surface area contributed by atoms with E-state index in [0.717, 1.165) is 0 Å². The van der Waals surface area contributed by atoms with E-state index in [2.05, 4.69) is 194 Å². The second-order valence-corrected chi connectivity index (χ2v) is 15.8. The maximum atomic E-state index is 2.41. The molecule has 0 bridgehead atoms. The first kappa shape index (κ1) is 30.6. The molecule has 0 unspecified atom stereocenters. The van der Waals surface area contributed by atoms with Gasteiger partial charge in [0.05, 0.1) is 0 Å². The molecule has 0 radical (unpaired) electrons. The van der Waals surface area contributed by atoms with Crippen LogP contribution in [-0.2, 0) is 0 Å². The van der Waals surface area contributed by atoms with Gasteiger partial charge in [-0.3, -0.25) is 0 Å². The van der Waals surface area contributed by atoms with E-state index in [9.17, 15) is 0 Å². The van der Waals surface area contributed by atoms with Crippen LogP contribution in [0.4, 0.5) is 0 Å². The molecule has 12 aromatic rings. The van der Waals surface area contributed by atoms with E-state index in [1.54, 1.807) is 0 Å². The first-order valence-corrected chi connectivity index (χ1v) is 19.8. The summed E-state index contributed by atoms with van der Waals surface area (Å²) in [6.07, 6.45) is 0. The van der Waals surface area contributed by atoms with Gasteiger partial charge in [-0.1, -0.05) is 170 Å². The Labute approximate surface area is 322 Å². The summed E-state index contributed by atoms with van der Waals surface area (Å²) in [6, 6.07) is 72.2. The molecule has 1 aromatic heterocycles. The van der Waals surface area contributed by atoms with Gasteiger partial charge in [0.25, 0.3) is 0 Å². The highest BCUT2D eigenvalue weighted by molar-refractivity contribution is 7.27. The van der Waals surface area contributed by atoms with Crippen LogP contribution in [0.2, 0.25) is 0 Å². The van der Waals surface area contributed by atoms with Crippen molar-refractivity contribution in [1.82, 2.24) is 0 Å². The molecule has 0 aliphatic rings. The Hall–Kier alpha value is -6.80. The van der Waals surface area contributed by atoms with Gasteiger partial charge >= 0.3 is 0 Å². The Morgan fingerprint density at radius 2 is 0.800 bits per heavy atom. The lowest BCUT2D eigenvalue weighted by molar-refractivity contribution is 1.67. The summed E-state index contributed by atoms with van der Waals surface area (Å²) < 4.78 is 2.72. The van der Waals surface area contributed by atoms with Crippen molar-refractivity contribution >= 4 is 96.1 Å². The quantitative estimate of drug-likeness (QED) is 0.126. The molecule has 254 valence electrons. The van der Waals surface area contributed by atoms with E-state index in [0.29, 0.717) is 0 Å². The smallest absolute Gasteiger partial charge is 0.0440 e. The lowest BCUT2D eigenvalue weighted by Crippen LogP contribution is -1.91. The summed E-state index contributed by atoms with van der Waals surface area (Å²) in [7, 11) is 0. The van der Waals surface area contributed by atoms with Crippen LogP contribution in [-0.4, -0.2) is 0 Å².